The Morgan fingerprint density at radius 1 is 1.20 bits per heavy atom. The average molecular weight is 205 g/mol. The highest BCUT2D eigenvalue weighted by Crippen LogP contribution is 2.55. The maximum atomic E-state index is 12.0. The lowest BCUT2D eigenvalue weighted by molar-refractivity contribution is -0.128. The molecular formula is C11H11NO3. The van der Waals surface area contributed by atoms with Crippen LogP contribution in [0.15, 0.2) is 11.6 Å². The number of amides is 2. The molecule has 0 radical (unpaired) electrons. The average Bonchev–Trinajstić information content (AvgIpc) is 2.81. The number of carbonyl (C=O) groups is 3. The summed E-state index contributed by atoms with van der Waals surface area (Å²) in [6, 6.07) is 0. The molecule has 0 spiro atoms. The molecule has 4 heteroatoms. The first-order chi connectivity index (χ1) is 7.13. The first-order valence-electron chi connectivity index (χ1n) is 5.25. The zero-order valence-electron chi connectivity index (χ0n) is 8.21. The van der Waals surface area contributed by atoms with Crippen molar-refractivity contribution in [1.82, 2.24) is 5.32 Å². The van der Waals surface area contributed by atoms with Crippen molar-refractivity contribution in [3.8, 4) is 0 Å². The predicted molar refractivity (Wildman–Crippen MR) is 50.6 cm³/mol. The van der Waals surface area contributed by atoms with Crippen LogP contribution in [0, 0.1) is 11.3 Å². The number of rotatable bonds is 1. The van der Waals surface area contributed by atoms with Gasteiger partial charge in [-0.3, -0.25) is 19.7 Å². The van der Waals surface area contributed by atoms with Crippen LogP contribution >= 0.6 is 0 Å². The lowest BCUT2D eigenvalue weighted by atomic mass is 9.76. The molecule has 3 aliphatic rings. The molecule has 0 atom stereocenters. The Bertz CT molecular complexity index is 414. The molecule has 2 amide bonds. The van der Waals surface area contributed by atoms with Crippen LogP contribution in [0.2, 0.25) is 0 Å². The number of Topliss-reactive ketones (excluding diaryl/α,β-unsaturated/α-hetero) is 1. The van der Waals surface area contributed by atoms with Crippen LogP contribution in [-0.2, 0) is 14.4 Å². The number of hydrogen-bond donors (Lipinski definition) is 1. The molecule has 3 rings (SSSR count). The van der Waals surface area contributed by atoms with Gasteiger partial charge in [-0.05, 0) is 25.7 Å². The van der Waals surface area contributed by atoms with Crippen molar-refractivity contribution in [3.63, 3.8) is 0 Å². The van der Waals surface area contributed by atoms with Gasteiger partial charge in [-0.1, -0.05) is 0 Å². The molecule has 0 aromatic rings. The molecule has 0 aromatic heterocycles. The Balaban J connectivity index is 2.07. The summed E-state index contributed by atoms with van der Waals surface area (Å²) in [6.07, 6.45) is 4.54. The van der Waals surface area contributed by atoms with Gasteiger partial charge in [-0.25, -0.2) is 0 Å². The van der Waals surface area contributed by atoms with Crippen molar-refractivity contribution in [2.24, 2.45) is 11.3 Å². The van der Waals surface area contributed by atoms with Crippen molar-refractivity contribution in [2.45, 2.75) is 25.7 Å². The molecule has 1 N–H and O–H groups in total. The Kier molecular flexibility index (Phi) is 1.51. The molecule has 2 bridgehead atoms. The van der Waals surface area contributed by atoms with Crippen LogP contribution in [0.4, 0.5) is 0 Å². The largest absolute Gasteiger partial charge is 0.298 e. The number of carbonyl (C=O) groups excluding carboxylic acids is 3. The van der Waals surface area contributed by atoms with Crippen molar-refractivity contribution < 1.29 is 14.4 Å². The molecule has 78 valence electrons. The quantitative estimate of drug-likeness (QED) is 0.627. The minimum atomic E-state index is -0.610. The van der Waals surface area contributed by atoms with E-state index in [-0.39, 0.29) is 23.5 Å². The molecule has 0 unspecified atom stereocenters. The number of imide groups is 1. The van der Waals surface area contributed by atoms with Crippen molar-refractivity contribution in [1.29, 1.82) is 0 Å². The molecule has 2 saturated carbocycles. The van der Waals surface area contributed by atoms with E-state index in [1.54, 1.807) is 0 Å². The third-order valence-electron chi connectivity index (χ3n) is 3.95. The first kappa shape index (κ1) is 8.83. The van der Waals surface area contributed by atoms with Gasteiger partial charge < -0.3 is 0 Å². The fourth-order valence-electron chi connectivity index (χ4n) is 3.18. The van der Waals surface area contributed by atoms with Gasteiger partial charge in [0.15, 0.2) is 0 Å². The van der Waals surface area contributed by atoms with Gasteiger partial charge in [0.2, 0.25) is 0 Å². The second kappa shape index (κ2) is 2.56. The summed E-state index contributed by atoms with van der Waals surface area (Å²) in [5.74, 6) is -0.434. The van der Waals surface area contributed by atoms with Crippen LogP contribution in [0.5, 0.6) is 0 Å². The van der Waals surface area contributed by atoms with E-state index < -0.39 is 5.41 Å². The lowest BCUT2D eigenvalue weighted by Gasteiger charge is -2.24. The molecular weight excluding hydrogens is 194 g/mol. The van der Waals surface area contributed by atoms with E-state index in [1.807, 2.05) is 0 Å². The van der Waals surface area contributed by atoms with Gasteiger partial charge >= 0.3 is 0 Å². The fourth-order valence-corrected chi connectivity index (χ4v) is 3.18. The van der Waals surface area contributed by atoms with Crippen molar-refractivity contribution >= 4 is 17.6 Å². The zero-order valence-corrected chi connectivity index (χ0v) is 8.21. The fraction of sp³-hybridized carbons (Fsp3) is 0.545. The Morgan fingerprint density at radius 3 is 2.27 bits per heavy atom. The minimum absolute atomic E-state index is 0.134. The number of hydrogen-bond acceptors (Lipinski definition) is 3. The van der Waals surface area contributed by atoms with Crippen molar-refractivity contribution in [2.75, 3.05) is 0 Å². The molecule has 0 aromatic carbocycles. The Hall–Kier alpha value is -1.45. The summed E-state index contributed by atoms with van der Waals surface area (Å²) < 4.78 is 0. The Morgan fingerprint density at radius 2 is 1.87 bits per heavy atom. The van der Waals surface area contributed by atoms with Crippen molar-refractivity contribution in [3.05, 3.63) is 11.6 Å². The lowest BCUT2D eigenvalue weighted by Crippen LogP contribution is -2.32. The van der Waals surface area contributed by atoms with Crippen LogP contribution in [-0.4, -0.2) is 17.6 Å². The first-order valence-corrected chi connectivity index (χ1v) is 5.25. The summed E-state index contributed by atoms with van der Waals surface area (Å²) >= 11 is 0. The summed E-state index contributed by atoms with van der Waals surface area (Å²) in [4.78, 5) is 34.6. The predicted octanol–water partition coefficient (Wildman–Crippen LogP) is 0.329. The number of fused-ring (bicyclic) bond motifs is 2. The van der Waals surface area contributed by atoms with Crippen LogP contribution < -0.4 is 5.32 Å². The molecule has 15 heavy (non-hydrogen) atoms. The highest BCUT2D eigenvalue weighted by molar-refractivity contribution is 6.20. The van der Waals surface area contributed by atoms with E-state index in [9.17, 15) is 14.4 Å². The second-order valence-electron chi connectivity index (χ2n) is 4.60. The molecule has 1 heterocycles. The maximum Gasteiger partial charge on any atom is 0.255 e. The SMILES string of the molecule is O=C1C=C(C23CCC(CC2)C3=O)C(=O)N1. The Labute approximate surface area is 86.7 Å². The topological polar surface area (TPSA) is 63.2 Å². The van der Waals surface area contributed by atoms with Crippen LogP contribution in [0.1, 0.15) is 25.7 Å². The zero-order chi connectivity index (χ0) is 10.6. The van der Waals surface area contributed by atoms with Gasteiger partial charge in [0, 0.05) is 17.6 Å². The van der Waals surface area contributed by atoms with E-state index in [2.05, 4.69) is 5.32 Å². The van der Waals surface area contributed by atoms with Gasteiger partial charge in [0.1, 0.15) is 5.78 Å². The van der Waals surface area contributed by atoms with E-state index in [4.69, 9.17) is 0 Å². The second-order valence-corrected chi connectivity index (χ2v) is 4.60. The summed E-state index contributed by atoms with van der Waals surface area (Å²) in [5, 5.41) is 2.22. The van der Waals surface area contributed by atoms with Crippen LogP contribution in [0.3, 0.4) is 0 Å². The van der Waals surface area contributed by atoms with E-state index in [0.717, 1.165) is 25.7 Å². The summed E-state index contributed by atoms with van der Waals surface area (Å²) in [5.41, 5.74) is -0.196. The molecule has 0 saturated heterocycles. The van der Waals surface area contributed by atoms with E-state index in [1.165, 1.54) is 6.08 Å². The number of nitrogens with one attached hydrogen (secondary N) is 1. The smallest absolute Gasteiger partial charge is 0.255 e. The molecule has 2 fully saturated rings. The van der Waals surface area contributed by atoms with E-state index in [0.29, 0.717) is 5.57 Å². The minimum Gasteiger partial charge on any atom is -0.298 e. The summed E-state index contributed by atoms with van der Waals surface area (Å²) in [6.45, 7) is 0. The third kappa shape index (κ3) is 0.940. The van der Waals surface area contributed by atoms with Gasteiger partial charge in [-0.15, -0.1) is 0 Å². The standard InChI is InChI=1S/C11H11NO3/c13-8-5-7(10(15)12-8)11-3-1-6(2-4-11)9(11)14/h5-6H,1-4H2,(H,12,13,15). The highest BCUT2D eigenvalue weighted by atomic mass is 16.2. The molecule has 4 nitrogen and oxygen atoms in total. The van der Waals surface area contributed by atoms with Gasteiger partial charge in [0.05, 0.1) is 5.41 Å². The maximum absolute atomic E-state index is 12.0. The number of ketones is 1. The normalized spacial score (nSPS) is 38.5. The highest BCUT2D eigenvalue weighted by Gasteiger charge is 2.57. The molecule has 1 aliphatic heterocycles. The molecule has 2 aliphatic carbocycles. The van der Waals surface area contributed by atoms with E-state index >= 15 is 0 Å². The van der Waals surface area contributed by atoms with Crippen LogP contribution in [0.25, 0.3) is 0 Å². The van der Waals surface area contributed by atoms with Gasteiger partial charge in [-0.2, -0.15) is 0 Å². The third-order valence-corrected chi connectivity index (χ3v) is 3.95. The van der Waals surface area contributed by atoms with Gasteiger partial charge in [0.25, 0.3) is 11.8 Å². The summed E-state index contributed by atoms with van der Waals surface area (Å²) in [7, 11) is 0. The monoisotopic (exact) mass is 205 g/mol.